The predicted molar refractivity (Wildman–Crippen MR) is 125 cm³/mol. The van der Waals surface area contributed by atoms with Crippen LogP contribution in [0.4, 0.5) is 18.9 Å². The van der Waals surface area contributed by atoms with Gasteiger partial charge in [-0.1, -0.05) is 32.8 Å². The van der Waals surface area contributed by atoms with Crippen LogP contribution in [0.5, 0.6) is 0 Å². The molecule has 36 heavy (non-hydrogen) atoms. The van der Waals surface area contributed by atoms with Crippen molar-refractivity contribution in [2.24, 2.45) is 0 Å². The number of nitrogens with zero attached hydrogens (tertiary/aromatic N) is 2. The molecule has 0 bridgehead atoms. The zero-order chi connectivity index (χ0) is 26.5. The molecule has 1 saturated carbocycles. The molecule has 192 valence electrons. The van der Waals surface area contributed by atoms with Crippen LogP contribution in [0.3, 0.4) is 0 Å². The molecule has 1 aliphatic rings. The van der Waals surface area contributed by atoms with Crippen molar-refractivity contribution in [2.75, 3.05) is 0 Å². The van der Waals surface area contributed by atoms with Gasteiger partial charge in [0.25, 0.3) is 5.69 Å². The summed E-state index contributed by atoms with van der Waals surface area (Å²) < 4.78 is 64.7. The van der Waals surface area contributed by atoms with Crippen molar-refractivity contribution in [3.05, 3.63) is 63.9 Å². The summed E-state index contributed by atoms with van der Waals surface area (Å²) in [4.78, 5) is 24.1. The summed E-state index contributed by atoms with van der Waals surface area (Å²) in [7, 11) is -2.39. The number of halogens is 3. The number of thiol groups is 1. The number of ether oxygens (including phenoxy) is 1. The van der Waals surface area contributed by atoms with E-state index < -0.39 is 50.9 Å². The molecular formula is C22H21F3N3O6S2+. The summed E-state index contributed by atoms with van der Waals surface area (Å²) in [6.45, 7) is 5.05. The Morgan fingerprint density at radius 2 is 2.00 bits per heavy atom. The highest BCUT2D eigenvalue weighted by Crippen LogP contribution is 2.54. The van der Waals surface area contributed by atoms with E-state index >= 15 is 0 Å². The molecular weight excluding hydrogens is 523 g/mol. The molecule has 0 amide bonds. The van der Waals surface area contributed by atoms with Crippen LogP contribution < -0.4 is 4.72 Å². The molecule has 3 atom stereocenters. The number of rotatable bonds is 7. The number of thiophene rings is 1. The van der Waals surface area contributed by atoms with E-state index in [0.29, 0.717) is 10.4 Å². The molecule has 4 rings (SSSR count). The summed E-state index contributed by atoms with van der Waals surface area (Å²) >= 11 is 0.937. The Morgan fingerprint density at radius 3 is 2.61 bits per heavy atom. The summed E-state index contributed by atoms with van der Waals surface area (Å²) in [5.74, 6) is -2.44. The first-order chi connectivity index (χ1) is 16.7. The normalized spacial score (nSPS) is 20.7. The second-order valence-electron chi connectivity index (χ2n) is 9.20. The van der Waals surface area contributed by atoms with Gasteiger partial charge in [0.15, 0.2) is 16.5 Å². The second-order valence-corrected chi connectivity index (χ2v) is 11.9. The Balaban J connectivity index is 1.59. The topological polar surface area (TPSA) is 125 Å². The SMILES string of the molecule is CC(C)(C)OC(=O)C1(N[SH+](=O)c2ccc(-c3cc(C(F)(F)F)on3)s2)CC1c1cccc([N+](=O)[O-])c1. The van der Waals surface area contributed by atoms with Crippen molar-refractivity contribution in [1.29, 1.82) is 0 Å². The van der Waals surface area contributed by atoms with E-state index in [9.17, 15) is 32.3 Å². The van der Waals surface area contributed by atoms with Gasteiger partial charge in [0, 0.05) is 30.2 Å². The first-order valence-corrected chi connectivity index (χ1v) is 12.6. The Kier molecular flexibility index (Phi) is 6.56. The van der Waals surface area contributed by atoms with E-state index in [2.05, 4.69) is 14.4 Å². The van der Waals surface area contributed by atoms with Gasteiger partial charge in [0.05, 0.1) is 9.80 Å². The van der Waals surface area contributed by atoms with E-state index in [1.165, 1.54) is 30.3 Å². The Labute approximate surface area is 209 Å². The summed E-state index contributed by atoms with van der Waals surface area (Å²) in [5, 5.41) is 14.6. The molecule has 2 aromatic heterocycles. The number of carbonyl (C=O) groups excluding carboxylic acids is 1. The number of nitro groups is 1. The molecule has 1 aliphatic carbocycles. The molecule has 9 nitrogen and oxygen atoms in total. The van der Waals surface area contributed by atoms with Gasteiger partial charge >= 0.3 is 12.1 Å². The van der Waals surface area contributed by atoms with Crippen molar-refractivity contribution in [2.45, 2.75) is 54.6 Å². The minimum absolute atomic E-state index is 0.0651. The van der Waals surface area contributed by atoms with Gasteiger partial charge in [-0.3, -0.25) is 10.1 Å². The first kappa shape index (κ1) is 26.0. The molecule has 3 aromatic rings. The van der Waals surface area contributed by atoms with Gasteiger partial charge < -0.3 is 9.26 Å². The zero-order valence-corrected chi connectivity index (χ0v) is 20.9. The maximum Gasteiger partial charge on any atom is 0.452 e. The second kappa shape index (κ2) is 9.09. The zero-order valence-electron chi connectivity index (χ0n) is 19.2. The van der Waals surface area contributed by atoms with Crippen molar-refractivity contribution in [3.63, 3.8) is 0 Å². The molecule has 1 aromatic carbocycles. The average molecular weight is 545 g/mol. The van der Waals surface area contributed by atoms with E-state index in [1.807, 2.05) is 0 Å². The number of hydrogen-bond donors (Lipinski definition) is 1. The third kappa shape index (κ3) is 5.34. The number of benzene rings is 1. The van der Waals surface area contributed by atoms with Crippen molar-refractivity contribution in [1.82, 2.24) is 9.88 Å². The first-order valence-electron chi connectivity index (χ1n) is 10.6. The van der Waals surface area contributed by atoms with Crippen LogP contribution >= 0.6 is 11.3 Å². The third-order valence-corrected chi connectivity index (χ3v) is 8.18. The van der Waals surface area contributed by atoms with Crippen LogP contribution in [0.15, 0.2) is 51.2 Å². The number of non-ortho nitro benzene ring substituents is 1. The lowest BCUT2D eigenvalue weighted by molar-refractivity contribution is -0.384. The fourth-order valence-electron chi connectivity index (χ4n) is 3.62. The highest BCUT2D eigenvalue weighted by molar-refractivity contribution is 7.85. The van der Waals surface area contributed by atoms with Crippen LogP contribution in [0.1, 0.15) is 44.4 Å². The lowest BCUT2D eigenvalue weighted by Crippen LogP contribution is -2.45. The number of esters is 1. The van der Waals surface area contributed by atoms with Gasteiger partial charge in [-0.15, -0.1) is 4.72 Å². The molecule has 0 radical (unpaired) electrons. The average Bonchev–Trinajstić information content (AvgIpc) is 3.13. The lowest BCUT2D eigenvalue weighted by atomic mass is 10.1. The molecule has 0 spiro atoms. The van der Waals surface area contributed by atoms with Crippen LogP contribution in [0.2, 0.25) is 0 Å². The van der Waals surface area contributed by atoms with Gasteiger partial charge in [-0.05, 0) is 38.8 Å². The molecule has 14 heteroatoms. The Bertz CT molecular complexity index is 1350. The number of hydrogen-bond acceptors (Lipinski definition) is 8. The van der Waals surface area contributed by atoms with Gasteiger partial charge in [-0.2, -0.15) is 13.2 Å². The summed E-state index contributed by atoms with van der Waals surface area (Å²) in [6.07, 6.45) is -4.49. The standard InChI is InChI=1S/C22H20F3N3O6S2/c1-20(2,3)33-19(29)21(11-14(21)12-5-4-6-13(9-12)28(30)31)27-36(32)18-8-7-16(35-18)15-10-17(34-26-15)22(23,24)25/h4-10,14H,11H2,1-3H3,(H,27,32)/p+1. The third-order valence-electron chi connectivity index (χ3n) is 5.34. The van der Waals surface area contributed by atoms with Gasteiger partial charge in [0.2, 0.25) is 9.97 Å². The van der Waals surface area contributed by atoms with E-state index in [-0.39, 0.29) is 22.0 Å². The highest BCUT2D eigenvalue weighted by atomic mass is 32.2. The van der Waals surface area contributed by atoms with E-state index in [4.69, 9.17) is 4.74 Å². The smallest absolute Gasteiger partial charge is 0.452 e. The Hall–Kier alpha value is -3.10. The van der Waals surface area contributed by atoms with Crippen molar-refractivity contribution < 1.29 is 36.4 Å². The van der Waals surface area contributed by atoms with Crippen LogP contribution in [-0.2, 0) is 30.9 Å². The Morgan fingerprint density at radius 1 is 1.28 bits per heavy atom. The molecule has 1 fully saturated rings. The van der Waals surface area contributed by atoms with Crippen LogP contribution in [0, 0.1) is 10.1 Å². The monoisotopic (exact) mass is 544 g/mol. The molecule has 2 heterocycles. The maximum atomic E-state index is 13.2. The number of aromatic nitrogens is 1. The summed E-state index contributed by atoms with van der Waals surface area (Å²) in [5.41, 5.74) is -1.93. The predicted octanol–water partition coefficient (Wildman–Crippen LogP) is 5.16. The maximum absolute atomic E-state index is 13.2. The highest BCUT2D eigenvalue weighted by Gasteiger charge is 2.66. The number of nitrogens with one attached hydrogen (secondary N) is 1. The van der Waals surface area contributed by atoms with Gasteiger partial charge in [-0.25, -0.2) is 4.79 Å². The molecule has 0 saturated heterocycles. The minimum atomic E-state index is -4.69. The fourth-order valence-corrected chi connectivity index (χ4v) is 6.10. The molecule has 0 aliphatic heterocycles. The van der Waals surface area contributed by atoms with Crippen LogP contribution in [0.25, 0.3) is 10.6 Å². The minimum Gasteiger partial charge on any atom is -0.458 e. The van der Waals surface area contributed by atoms with Crippen molar-refractivity contribution in [3.8, 4) is 10.6 Å². The van der Waals surface area contributed by atoms with Crippen LogP contribution in [-0.4, -0.2) is 27.2 Å². The molecule has 3 unspecified atom stereocenters. The quantitative estimate of drug-likeness (QED) is 0.143. The number of nitro benzene ring substituents is 1. The molecule has 1 N–H and O–H groups in total. The number of alkyl halides is 3. The van der Waals surface area contributed by atoms with Gasteiger partial charge in [0.1, 0.15) is 11.3 Å². The van der Waals surface area contributed by atoms with E-state index in [1.54, 1.807) is 26.8 Å². The van der Waals surface area contributed by atoms with E-state index in [0.717, 1.165) is 17.4 Å². The lowest BCUT2D eigenvalue weighted by Gasteiger charge is -2.23. The fraction of sp³-hybridized carbons (Fsp3) is 0.364. The largest absolute Gasteiger partial charge is 0.458 e. The number of carbonyl (C=O) groups is 1. The summed E-state index contributed by atoms with van der Waals surface area (Å²) in [6, 6.07) is 9.50. The van der Waals surface area contributed by atoms with Crippen molar-refractivity contribution >= 4 is 34.0 Å².